The van der Waals surface area contributed by atoms with Gasteiger partial charge in [-0.25, -0.2) is 14.4 Å². The molecule has 3 aliphatic heterocycles. The number of halogens is 1. The van der Waals surface area contributed by atoms with Gasteiger partial charge in [-0.2, -0.15) is 0 Å². The van der Waals surface area contributed by atoms with Crippen molar-refractivity contribution in [2.75, 3.05) is 19.6 Å². The maximum atomic E-state index is 12.6. The van der Waals surface area contributed by atoms with Gasteiger partial charge in [0, 0.05) is 6.54 Å². The highest BCUT2D eigenvalue weighted by molar-refractivity contribution is 4.99. The molecule has 16 heavy (non-hydrogen) atoms. The Morgan fingerprint density at radius 1 is 1.25 bits per heavy atom. The standard InChI is InChI=1S/C11H14FN3O/c12-9-5-13-11(14-6-9)16-10-7-15-3-1-8(10)2-4-15/h5-6,8,10H,1-4,7H2. The van der Waals surface area contributed by atoms with Crippen molar-refractivity contribution in [2.45, 2.75) is 18.9 Å². The normalized spacial score (nSPS) is 32.7. The zero-order chi connectivity index (χ0) is 11.0. The van der Waals surface area contributed by atoms with E-state index in [9.17, 15) is 4.39 Å². The fourth-order valence-corrected chi connectivity index (χ4v) is 2.54. The van der Waals surface area contributed by atoms with E-state index in [4.69, 9.17) is 4.74 Å². The van der Waals surface area contributed by atoms with Gasteiger partial charge in [0.05, 0.1) is 12.4 Å². The fraction of sp³-hybridized carbons (Fsp3) is 0.636. The third-order valence-corrected chi connectivity index (χ3v) is 3.45. The second-order valence-corrected chi connectivity index (χ2v) is 4.48. The lowest BCUT2D eigenvalue weighted by Gasteiger charge is -2.43. The Bertz CT molecular complexity index is 362. The first kappa shape index (κ1) is 9.96. The van der Waals surface area contributed by atoms with Crippen LogP contribution in [0.25, 0.3) is 0 Å². The molecular formula is C11H14FN3O. The van der Waals surface area contributed by atoms with Crippen LogP contribution in [0.15, 0.2) is 12.4 Å². The van der Waals surface area contributed by atoms with E-state index in [0.29, 0.717) is 11.9 Å². The van der Waals surface area contributed by atoms with E-state index in [1.165, 1.54) is 25.9 Å². The van der Waals surface area contributed by atoms with Gasteiger partial charge in [0.25, 0.3) is 0 Å². The van der Waals surface area contributed by atoms with E-state index in [-0.39, 0.29) is 6.10 Å². The molecular weight excluding hydrogens is 209 g/mol. The smallest absolute Gasteiger partial charge is 0.316 e. The van der Waals surface area contributed by atoms with E-state index in [0.717, 1.165) is 18.9 Å². The largest absolute Gasteiger partial charge is 0.458 e. The van der Waals surface area contributed by atoms with Gasteiger partial charge in [0.2, 0.25) is 0 Å². The molecule has 3 fully saturated rings. The SMILES string of the molecule is Fc1cnc(OC2CN3CCC2CC3)nc1. The number of ether oxygens (including phenoxy) is 1. The molecule has 1 aromatic rings. The Labute approximate surface area is 93.5 Å². The van der Waals surface area contributed by atoms with Gasteiger partial charge in [0.1, 0.15) is 6.10 Å². The number of hydrogen-bond acceptors (Lipinski definition) is 4. The molecule has 4 nitrogen and oxygen atoms in total. The zero-order valence-corrected chi connectivity index (χ0v) is 8.97. The second-order valence-electron chi connectivity index (χ2n) is 4.48. The average molecular weight is 223 g/mol. The summed E-state index contributed by atoms with van der Waals surface area (Å²) in [5.74, 6) is 0.180. The summed E-state index contributed by atoms with van der Waals surface area (Å²) in [6.45, 7) is 3.30. The van der Waals surface area contributed by atoms with E-state index in [1.807, 2.05) is 0 Å². The van der Waals surface area contributed by atoms with Gasteiger partial charge in [-0.1, -0.05) is 0 Å². The van der Waals surface area contributed by atoms with Crippen molar-refractivity contribution >= 4 is 0 Å². The molecule has 0 radical (unpaired) electrons. The van der Waals surface area contributed by atoms with Gasteiger partial charge in [0.15, 0.2) is 5.82 Å². The Morgan fingerprint density at radius 3 is 2.50 bits per heavy atom. The van der Waals surface area contributed by atoms with Crippen molar-refractivity contribution in [2.24, 2.45) is 5.92 Å². The molecule has 3 saturated heterocycles. The minimum atomic E-state index is -0.429. The van der Waals surface area contributed by atoms with Crippen molar-refractivity contribution in [3.05, 3.63) is 18.2 Å². The number of fused-ring (bicyclic) bond motifs is 3. The minimum Gasteiger partial charge on any atom is -0.458 e. The molecule has 0 amide bonds. The summed E-state index contributed by atoms with van der Waals surface area (Å²) in [5.41, 5.74) is 0. The molecule has 2 bridgehead atoms. The summed E-state index contributed by atoms with van der Waals surface area (Å²) in [6, 6.07) is 0.292. The number of rotatable bonds is 2. The Kier molecular flexibility index (Phi) is 2.47. The summed E-state index contributed by atoms with van der Waals surface area (Å²) >= 11 is 0. The summed E-state index contributed by atoms with van der Waals surface area (Å²) < 4.78 is 18.3. The van der Waals surface area contributed by atoms with Crippen LogP contribution in [0.5, 0.6) is 6.01 Å². The minimum absolute atomic E-state index is 0.174. The van der Waals surface area contributed by atoms with Gasteiger partial charge >= 0.3 is 6.01 Å². The molecule has 0 saturated carbocycles. The first-order valence-electron chi connectivity index (χ1n) is 5.68. The molecule has 5 heteroatoms. The number of aromatic nitrogens is 2. The molecule has 1 unspecified atom stereocenters. The summed E-state index contributed by atoms with van der Waals surface area (Å²) in [4.78, 5) is 10.1. The van der Waals surface area contributed by atoms with Gasteiger partial charge in [-0.3, -0.25) is 4.90 Å². The molecule has 1 atom stereocenters. The monoisotopic (exact) mass is 223 g/mol. The molecule has 4 heterocycles. The van der Waals surface area contributed by atoms with Crippen LogP contribution in [-0.2, 0) is 0 Å². The van der Waals surface area contributed by atoms with E-state index >= 15 is 0 Å². The molecule has 1 aromatic heterocycles. The zero-order valence-electron chi connectivity index (χ0n) is 8.97. The Hall–Kier alpha value is -1.23. The van der Waals surface area contributed by atoms with Gasteiger partial charge < -0.3 is 4.74 Å². The van der Waals surface area contributed by atoms with Gasteiger partial charge in [-0.05, 0) is 31.8 Å². The van der Waals surface area contributed by atoms with E-state index in [2.05, 4.69) is 14.9 Å². The molecule has 3 aliphatic rings. The lowest BCUT2D eigenvalue weighted by Crippen LogP contribution is -2.52. The van der Waals surface area contributed by atoms with Crippen LogP contribution in [0, 0.1) is 11.7 Å². The highest BCUT2D eigenvalue weighted by Gasteiger charge is 2.35. The first-order chi connectivity index (χ1) is 7.81. The predicted molar refractivity (Wildman–Crippen MR) is 55.6 cm³/mol. The van der Waals surface area contributed by atoms with Crippen LogP contribution in [0.4, 0.5) is 4.39 Å². The second kappa shape index (κ2) is 3.97. The summed E-state index contributed by atoms with van der Waals surface area (Å²) in [7, 11) is 0. The molecule has 0 aromatic carbocycles. The predicted octanol–water partition coefficient (Wildman–Crippen LogP) is 1.09. The van der Waals surface area contributed by atoms with Crippen molar-refractivity contribution in [1.82, 2.24) is 14.9 Å². The molecule has 0 N–H and O–H groups in total. The first-order valence-corrected chi connectivity index (χ1v) is 5.68. The van der Waals surface area contributed by atoms with E-state index in [1.54, 1.807) is 0 Å². The van der Waals surface area contributed by atoms with Crippen LogP contribution in [0.2, 0.25) is 0 Å². The highest BCUT2D eigenvalue weighted by Crippen LogP contribution is 2.29. The van der Waals surface area contributed by atoms with Crippen LogP contribution in [-0.4, -0.2) is 40.6 Å². The van der Waals surface area contributed by atoms with Crippen LogP contribution in [0.1, 0.15) is 12.8 Å². The summed E-state index contributed by atoms with van der Waals surface area (Å²) in [6.07, 6.45) is 4.83. The Balaban J connectivity index is 1.68. The highest BCUT2D eigenvalue weighted by atomic mass is 19.1. The van der Waals surface area contributed by atoms with Crippen LogP contribution >= 0.6 is 0 Å². The van der Waals surface area contributed by atoms with Gasteiger partial charge in [-0.15, -0.1) is 0 Å². The Morgan fingerprint density at radius 2 is 1.94 bits per heavy atom. The molecule has 86 valence electrons. The van der Waals surface area contributed by atoms with Crippen molar-refractivity contribution in [3.8, 4) is 6.01 Å². The number of hydrogen-bond donors (Lipinski definition) is 0. The van der Waals surface area contributed by atoms with Crippen molar-refractivity contribution < 1.29 is 9.13 Å². The van der Waals surface area contributed by atoms with Crippen LogP contribution in [0.3, 0.4) is 0 Å². The lowest BCUT2D eigenvalue weighted by molar-refractivity contribution is -0.0124. The quantitative estimate of drug-likeness (QED) is 0.752. The molecule has 0 spiro atoms. The van der Waals surface area contributed by atoms with Crippen molar-refractivity contribution in [1.29, 1.82) is 0 Å². The van der Waals surface area contributed by atoms with Crippen LogP contribution < -0.4 is 4.74 Å². The topological polar surface area (TPSA) is 38.2 Å². The third-order valence-electron chi connectivity index (χ3n) is 3.45. The van der Waals surface area contributed by atoms with E-state index < -0.39 is 5.82 Å². The molecule has 4 rings (SSSR count). The van der Waals surface area contributed by atoms with Crippen molar-refractivity contribution in [3.63, 3.8) is 0 Å². The maximum absolute atomic E-state index is 12.6. The lowest BCUT2D eigenvalue weighted by atomic mass is 9.86. The molecule has 0 aliphatic carbocycles. The summed E-state index contributed by atoms with van der Waals surface area (Å²) in [5, 5.41) is 0. The fourth-order valence-electron chi connectivity index (χ4n) is 2.54. The maximum Gasteiger partial charge on any atom is 0.316 e. The third kappa shape index (κ3) is 1.87. The average Bonchev–Trinajstić information content (AvgIpc) is 2.34. The number of piperidine rings is 3. The number of nitrogens with zero attached hydrogens (tertiary/aromatic N) is 3.